The summed E-state index contributed by atoms with van der Waals surface area (Å²) in [4.78, 5) is 0. The van der Waals surface area contributed by atoms with Crippen LogP contribution in [0.2, 0.25) is 0 Å². The van der Waals surface area contributed by atoms with Gasteiger partial charge in [-0.3, -0.25) is 5.10 Å². The minimum absolute atomic E-state index is 0.922. The molecule has 0 aliphatic carbocycles. The molecule has 1 aromatic heterocycles. The fourth-order valence-electron chi connectivity index (χ4n) is 1.25. The van der Waals surface area contributed by atoms with E-state index in [0.29, 0.717) is 0 Å². The van der Waals surface area contributed by atoms with Gasteiger partial charge in [-0.1, -0.05) is 0 Å². The highest BCUT2D eigenvalue weighted by Crippen LogP contribution is 2.08. The van der Waals surface area contributed by atoms with E-state index in [2.05, 4.69) is 21.7 Å². The lowest BCUT2D eigenvalue weighted by atomic mass is 10.2. The summed E-state index contributed by atoms with van der Waals surface area (Å²) in [5, 5.41) is 10.1. The van der Waals surface area contributed by atoms with Crippen molar-refractivity contribution in [1.29, 1.82) is 0 Å². The third kappa shape index (κ3) is 0.926. The number of rotatable bonds is 0. The topological polar surface area (TPSA) is 40.7 Å². The molecule has 1 aromatic rings. The lowest BCUT2D eigenvalue weighted by molar-refractivity contribution is 0.675. The Bertz CT molecular complexity index is 196. The minimum atomic E-state index is 0.922. The van der Waals surface area contributed by atoms with Crippen molar-refractivity contribution in [2.24, 2.45) is 0 Å². The number of aromatic nitrogens is 2. The van der Waals surface area contributed by atoms with Crippen LogP contribution in [0, 0.1) is 6.20 Å². The molecular weight excluding hydrogens is 126 g/mol. The van der Waals surface area contributed by atoms with Gasteiger partial charge in [-0.15, -0.1) is 0 Å². The Morgan fingerprint density at radius 1 is 1.50 bits per heavy atom. The van der Waals surface area contributed by atoms with Gasteiger partial charge >= 0.3 is 0 Å². The van der Waals surface area contributed by atoms with Gasteiger partial charge in [0.15, 0.2) is 0 Å². The summed E-state index contributed by atoms with van der Waals surface area (Å²) < 4.78 is 0. The highest BCUT2D eigenvalue weighted by atomic mass is 15.1. The Labute approximate surface area is 59.8 Å². The van der Waals surface area contributed by atoms with Gasteiger partial charge in [-0.25, -0.2) is 0 Å². The third-order valence-corrected chi connectivity index (χ3v) is 1.83. The van der Waals surface area contributed by atoms with Gasteiger partial charge in [0.25, 0.3) is 0 Å². The predicted molar refractivity (Wildman–Crippen MR) is 37.5 cm³/mol. The number of nitrogens with one attached hydrogen (secondary N) is 2. The van der Waals surface area contributed by atoms with Crippen LogP contribution in [0.5, 0.6) is 0 Å². The molecule has 0 bridgehead atoms. The first-order valence-corrected chi connectivity index (χ1v) is 3.61. The zero-order valence-electron chi connectivity index (χ0n) is 5.78. The maximum atomic E-state index is 3.86. The van der Waals surface area contributed by atoms with Crippen molar-refractivity contribution >= 4 is 0 Å². The van der Waals surface area contributed by atoms with Gasteiger partial charge in [0.2, 0.25) is 0 Å². The molecule has 0 saturated carbocycles. The van der Waals surface area contributed by atoms with Crippen LogP contribution >= 0.6 is 0 Å². The zero-order chi connectivity index (χ0) is 6.81. The number of nitrogens with zero attached hydrogens (tertiary/aromatic N) is 1. The van der Waals surface area contributed by atoms with Crippen molar-refractivity contribution in [3.05, 3.63) is 17.5 Å². The lowest BCUT2D eigenvalue weighted by Crippen LogP contribution is -2.11. The number of H-pyrrole nitrogens is 1. The largest absolute Gasteiger partial charge is 0.313 e. The van der Waals surface area contributed by atoms with Crippen LogP contribution in [-0.4, -0.2) is 16.7 Å². The van der Waals surface area contributed by atoms with E-state index in [0.717, 1.165) is 19.5 Å². The first-order valence-electron chi connectivity index (χ1n) is 3.61. The highest BCUT2D eigenvalue weighted by Gasteiger charge is 2.07. The average molecular weight is 136 g/mol. The standard InChI is InChI=1S/C7H10N3/c1-2-7-6(4-8-3-1)5-9-10-7/h8H,1-4H2,(H,9,10). The summed E-state index contributed by atoms with van der Waals surface area (Å²) >= 11 is 0. The van der Waals surface area contributed by atoms with Crippen LogP contribution in [0.1, 0.15) is 17.7 Å². The fourth-order valence-corrected chi connectivity index (χ4v) is 1.25. The normalized spacial score (nSPS) is 18.0. The quantitative estimate of drug-likeness (QED) is 0.536. The van der Waals surface area contributed by atoms with Crippen LogP contribution in [0.3, 0.4) is 0 Å². The van der Waals surface area contributed by atoms with Crippen molar-refractivity contribution in [2.45, 2.75) is 19.4 Å². The molecule has 2 rings (SSSR count). The molecule has 0 amide bonds. The molecule has 3 nitrogen and oxygen atoms in total. The minimum Gasteiger partial charge on any atom is -0.313 e. The fraction of sp³-hybridized carbons (Fsp3) is 0.571. The van der Waals surface area contributed by atoms with E-state index in [1.54, 1.807) is 0 Å². The Morgan fingerprint density at radius 3 is 3.50 bits per heavy atom. The summed E-state index contributed by atoms with van der Waals surface area (Å²) in [5.74, 6) is 0. The van der Waals surface area contributed by atoms with Crippen molar-refractivity contribution in [1.82, 2.24) is 15.5 Å². The van der Waals surface area contributed by atoms with Gasteiger partial charge in [-0.2, -0.15) is 5.10 Å². The second-order valence-electron chi connectivity index (χ2n) is 2.57. The Kier molecular flexibility index (Phi) is 1.43. The van der Waals surface area contributed by atoms with Crippen LogP contribution in [-0.2, 0) is 13.0 Å². The third-order valence-electron chi connectivity index (χ3n) is 1.83. The van der Waals surface area contributed by atoms with Gasteiger partial charge in [0.1, 0.15) is 6.20 Å². The second-order valence-corrected chi connectivity index (χ2v) is 2.57. The number of aromatic amines is 1. The molecule has 10 heavy (non-hydrogen) atoms. The number of hydrogen-bond acceptors (Lipinski definition) is 2. The molecule has 2 heterocycles. The van der Waals surface area contributed by atoms with E-state index in [-0.39, 0.29) is 0 Å². The molecule has 2 N–H and O–H groups in total. The van der Waals surface area contributed by atoms with Crippen molar-refractivity contribution < 1.29 is 0 Å². The van der Waals surface area contributed by atoms with Gasteiger partial charge in [0, 0.05) is 17.8 Å². The maximum absolute atomic E-state index is 3.86. The number of fused-ring (bicyclic) bond motifs is 1. The van der Waals surface area contributed by atoms with E-state index in [9.17, 15) is 0 Å². The summed E-state index contributed by atoms with van der Waals surface area (Å²) in [5.41, 5.74) is 2.46. The van der Waals surface area contributed by atoms with Crippen molar-refractivity contribution in [3.8, 4) is 0 Å². The van der Waals surface area contributed by atoms with Crippen molar-refractivity contribution in [2.75, 3.05) is 6.54 Å². The van der Waals surface area contributed by atoms with Gasteiger partial charge < -0.3 is 5.32 Å². The maximum Gasteiger partial charge on any atom is 0.117 e. The SMILES string of the molecule is [c]1n[nH]c2c1CNCCC2. The van der Waals surface area contributed by atoms with E-state index in [1.165, 1.54) is 17.7 Å². The van der Waals surface area contributed by atoms with Crippen LogP contribution in [0.15, 0.2) is 0 Å². The van der Waals surface area contributed by atoms with Crippen LogP contribution < -0.4 is 5.32 Å². The second kappa shape index (κ2) is 2.42. The molecule has 0 fully saturated rings. The predicted octanol–water partition coefficient (Wildman–Crippen LogP) is 0.246. The molecule has 3 heteroatoms. The molecule has 0 unspecified atom stereocenters. The van der Waals surface area contributed by atoms with E-state index in [1.807, 2.05) is 0 Å². The first-order chi connectivity index (χ1) is 4.97. The molecule has 1 aliphatic heterocycles. The van der Waals surface area contributed by atoms with E-state index in [4.69, 9.17) is 0 Å². The van der Waals surface area contributed by atoms with Crippen LogP contribution in [0.4, 0.5) is 0 Å². The molecule has 0 saturated heterocycles. The van der Waals surface area contributed by atoms with E-state index < -0.39 is 0 Å². The van der Waals surface area contributed by atoms with Crippen molar-refractivity contribution in [3.63, 3.8) is 0 Å². The summed E-state index contributed by atoms with van der Waals surface area (Å²) in [6.45, 7) is 2.03. The summed E-state index contributed by atoms with van der Waals surface area (Å²) in [6.07, 6.45) is 5.24. The van der Waals surface area contributed by atoms with Gasteiger partial charge in [-0.05, 0) is 19.4 Å². The molecule has 1 aliphatic rings. The molecule has 0 spiro atoms. The Morgan fingerprint density at radius 2 is 2.50 bits per heavy atom. The van der Waals surface area contributed by atoms with Gasteiger partial charge in [0.05, 0.1) is 0 Å². The first kappa shape index (κ1) is 5.92. The Hall–Kier alpha value is -0.830. The summed E-state index contributed by atoms with van der Waals surface area (Å²) in [6, 6.07) is 0. The number of aryl methyl sites for hydroxylation is 1. The molecule has 1 radical (unpaired) electrons. The summed E-state index contributed by atoms with van der Waals surface area (Å²) in [7, 11) is 0. The smallest absolute Gasteiger partial charge is 0.117 e. The molecular formula is C7H10N3. The molecule has 53 valence electrons. The highest BCUT2D eigenvalue weighted by molar-refractivity contribution is 5.15. The van der Waals surface area contributed by atoms with Crippen LogP contribution in [0.25, 0.3) is 0 Å². The zero-order valence-corrected chi connectivity index (χ0v) is 5.78. The monoisotopic (exact) mass is 136 g/mol. The van der Waals surface area contributed by atoms with E-state index >= 15 is 0 Å². The Balaban J connectivity index is 2.28. The molecule has 0 aromatic carbocycles. The molecule has 0 atom stereocenters. The number of hydrogen-bond donors (Lipinski definition) is 2. The average Bonchev–Trinajstić information content (AvgIpc) is 2.28. The lowest BCUT2D eigenvalue weighted by Gasteiger charge is -1.93.